The molecule has 4 amide bonds. The number of esters is 1. The minimum Gasteiger partial charge on any atom is -0.455 e. The largest absolute Gasteiger partial charge is 0.455 e. The number of imide groups is 1. The molecule has 0 unspecified atom stereocenters. The van der Waals surface area contributed by atoms with Gasteiger partial charge in [-0.1, -0.05) is 37.5 Å². The third kappa shape index (κ3) is 4.59. The Kier molecular flexibility index (Phi) is 6.67. The highest BCUT2D eigenvalue weighted by Gasteiger charge is 2.51. The summed E-state index contributed by atoms with van der Waals surface area (Å²) in [6.45, 7) is -0.801. The molecule has 1 heterocycles. The van der Waals surface area contributed by atoms with Crippen LogP contribution in [0.4, 0.5) is 10.5 Å². The summed E-state index contributed by atoms with van der Waals surface area (Å²) >= 11 is 0. The summed E-state index contributed by atoms with van der Waals surface area (Å²) in [5.74, 6) is -1.52. The van der Waals surface area contributed by atoms with E-state index in [2.05, 4.69) is 5.32 Å². The van der Waals surface area contributed by atoms with Gasteiger partial charge >= 0.3 is 12.0 Å². The molecule has 30 heavy (non-hydrogen) atoms. The number of ether oxygens (including phenoxy) is 1. The zero-order valence-corrected chi connectivity index (χ0v) is 16.6. The number of carbonyl (C=O) groups excluding carboxylic acids is 4. The molecule has 1 N–H and O–H groups in total. The number of benzene rings is 1. The lowest BCUT2D eigenvalue weighted by molar-refractivity contribution is -0.148. The van der Waals surface area contributed by atoms with Gasteiger partial charge in [0.25, 0.3) is 11.8 Å². The van der Waals surface area contributed by atoms with E-state index in [0.29, 0.717) is 18.5 Å². The molecule has 1 aromatic rings. The molecule has 0 aromatic heterocycles. The van der Waals surface area contributed by atoms with Gasteiger partial charge in [-0.3, -0.25) is 24.2 Å². The van der Waals surface area contributed by atoms with Gasteiger partial charge in [-0.05, 0) is 25.0 Å². The summed E-state index contributed by atoms with van der Waals surface area (Å²) in [5, 5.41) is 11.7. The summed E-state index contributed by atoms with van der Waals surface area (Å²) in [6, 6.07) is 10.0. The van der Waals surface area contributed by atoms with Crippen molar-refractivity contribution >= 4 is 29.5 Å². The summed E-state index contributed by atoms with van der Waals surface area (Å²) in [6.07, 6.45) is 3.82. The molecule has 158 valence electrons. The van der Waals surface area contributed by atoms with Crippen LogP contribution in [-0.2, 0) is 19.1 Å². The lowest BCUT2D eigenvalue weighted by Gasteiger charge is -2.30. The topological polar surface area (TPSA) is 120 Å². The lowest BCUT2D eigenvalue weighted by atomic mass is 9.82. The Morgan fingerprint density at radius 1 is 1.17 bits per heavy atom. The highest BCUT2D eigenvalue weighted by Crippen LogP contribution is 2.33. The zero-order chi connectivity index (χ0) is 21.6. The predicted molar refractivity (Wildman–Crippen MR) is 106 cm³/mol. The number of nitrogens with zero attached hydrogens (tertiary/aromatic N) is 3. The van der Waals surface area contributed by atoms with Crippen LogP contribution in [0.5, 0.6) is 0 Å². The van der Waals surface area contributed by atoms with Crippen LogP contribution in [-0.4, -0.2) is 54.0 Å². The molecule has 9 heteroatoms. The summed E-state index contributed by atoms with van der Waals surface area (Å²) < 4.78 is 5.01. The number of rotatable bonds is 7. The minimum absolute atomic E-state index is 0.0972. The summed E-state index contributed by atoms with van der Waals surface area (Å²) in [5.41, 5.74) is -0.305. The first kappa shape index (κ1) is 21.3. The fourth-order valence-electron chi connectivity index (χ4n) is 3.87. The molecule has 3 rings (SSSR count). The fourth-order valence-corrected chi connectivity index (χ4v) is 3.87. The summed E-state index contributed by atoms with van der Waals surface area (Å²) in [4.78, 5) is 51.6. The molecule has 9 nitrogen and oxygen atoms in total. The standard InChI is InChI=1S/C21H24N4O5/c22-12-14-24(16-7-3-1-4-8-16)17(26)15-30-18(27)9-13-25-19(28)21(23-20(25)29)10-5-2-6-11-21/h1,3-4,7-8H,2,5-6,9-11,13-15H2,(H,23,29). The van der Waals surface area contributed by atoms with Crippen LogP contribution in [0.3, 0.4) is 0 Å². The molecule has 1 spiro atoms. The van der Waals surface area contributed by atoms with E-state index in [9.17, 15) is 19.2 Å². The van der Waals surface area contributed by atoms with Crippen molar-refractivity contribution in [1.29, 1.82) is 5.26 Å². The molecule has 1 saturated heterocycles. The molecule has 1 aliphatic heterocycles. The minimum atomic E-state index is -0.831. The SMILES string of the molecule is N#CCN(C(=O)COC(=O)CCN1C(=O)NC2(CCCCC2)C1=O)c1ccccc1. The Hall–Kier alpha value is -3.41. The number of hydrogen-bond donors (Lipinski definition) is 1. The molecule has 1 aromatic carbocycles. The smallest absolute Gasteiger partial charge is 0.325 e. The van der Waals surface area contributed by atoms with Crippen LogP contribution in [0, 0.1) is 11.3 Å². The maximum absolute atomic E-state index is 12.7. The predicted octanol–water partition coefficient (Wildman–Crippen LogP) is 1.73. The van der Waals surface area contributed by atoms with Crippen LogP contribution >= 0.6 is 0 Å². The highest BCUT2D eigenvalue weighted by atomic mass is 16.5. The number of carbonyl (C=O) groups is 4. The molecular formula is C21H24N4O5. The van der Waals surface area contributed by atoms with Gasteiger partial charge in [0.15, 0.2) is 6.61 Å². The maximum atomic E-state index is 12.7. The number of para-hydroxylation sites is 1. The maximum Gasteiger partial charge on any atom is 0.325 e. The van der Waals surface area contributed by atoms with Crippen molar-refractivity contribution in [3.63, 3.8) is 0 Å². The molecular weight excluding hydrogens is 388 g/mol. The number of anilines is 1. The van der Waals surface area contributed by atoms with E-state index >= 15 is 0 Å². The normalized spacial score (nSPS) is 17.4. The first-order valence-electron chi connectivity index (χ1n) is 9.99. The third-order valence-corrected chi connectivity index (χ3v) is 5.45. The van der Waals surface area contributed by atoms with E-state index in [1.54, 1.807) is 30.3 Å². The van der Waals surface area contributed by atoms with Crippen molar-refractivity contribution in [3.05, 3.63) is 30.3 Å². The molecule has 0 bridgehead atoms. The number of nitrogens with one attached hydrogen (secondary N) is 1. The number of urea groups is 1. The van der Waals surface area contributed by atoms with Gasteiger partial charge in [0.2, 0.25) is 0 Å². The van der Waals surface area contributed by atoms with Gasteiger partial charge in [0.1, 0.15) is 12.1 Å². The van der Waals surface area contributed by atoms with Crippen LogP contribution in [0.2, 0.25) is 0 Å². The molecule has 1 saturated carbocycles. The van der Waals surface area contributed by atoms with Crippen molar-refractivity contribution in [2.24, 2.45) is 0 Å². The van der Waals surface area contributed by atoms with E-state index in [-0.39, 0.29) is 25.4 Å². The number of amides is 4. The lowest BCUT2D eigenvalue weighted by Crippen LogP contribution is -2.48. The van der Waals surface area contributed by atoms with E-state index in [1.807, 2.05) is 6.07 Å². The highest BCUT2D eigenvalue weighted by molar-refractivity contribution is 6.07. The molecule has 1 aliphatic carbocycles. The monoisotopic (exact) mass is 412 g/mol. The van der Waals surface area contributed by atoms with E-state index in [0.717, 1.165) is 24.2 Å². The van der Waals surface area contributed by atoms with Crippen molar-refractivity contribution < 1.29 is 23.9 Å². The Balaban J connectivity index is 1.50. The average Bonchev–Trinajstić information content (AvgIpc) is 2.98. The molecule has 2 fully saturated rings. The zero-order valence-electron chi connectivity index (χ0n) is 16.6. The van der Waals surface area contributed by atoms with Crippen LogP contribution < -0.4 is 10.2 Å². The van der Waals surface area contributed by atoms with Crippen LogP contribution in [0.1, 0.15) is 38.5 Å². The van der Waals surface area contributed by atoms with Crippen molar-refractivity contribution in [1.82, 2.24) is 10.2 Å². The fraction of sp³-hybridized carbons (Fsp3) is 0.476. The Morgan fingerprint density at radius 2 is 1.87 bits per heavy atom. The van der Waals surface area contributed by atoms with Crippen LogP contribution in [0.25, 0.3) is 0 Å². The summed E-state index contributed by atoms with van der Waals surface area (Å²) in [7, 11) is 0. The number of nitriles is 1. The Morgan fingerprint density at radius 3 is 2.53 bits per heavy atom. The van der Waals surface area contributed by atoms with Gasteiger partial charge in [0.05, 0.1) is 12.5 Å². The molecule has 2 aliphatic rings. The Labute approximate surface area is 174 Å². The van der Waals surface area contributed by atoms with E-state index < -0.39 is 30.1 Å². The second kappa shape index (κ2) is 9.39. The molecule has 0 atom stereocenters. The van der Waals surface area contributed by atoms with Gasteiger partial charge in [-0.25, -0.2) is 4.79 Å². The molecule has 0 radical (unpaired) electrons. The number of hydrogen-bond acceptors (Lipinski definition) is 6. The quantitative estimate of drug-likeness (QED) is 0.414. The average molecular weight is 412 g/mol. The van der Waals surface area contributed by atoms with E-state index in [4.69, 9.17) is 10.00 Å². The van der Waals surface area contributed by atoms with Gasteiger partial charge in [-0.2, -0.15) is 5.26 Å². The second-order valence-electron chi connectivity index (χ2n) is 7.41. The third-order valence-electron chi connectivity index (χ3n) is 5.45. The van der Waals surface area contributed by atoms with Crippen molar-refractivity contribution in [2.75, 3.05) is 24.6 Å². The van der Waals surface area contributed by atoms with Crippen molar-refractivity contribution in [2.45, 2.75) is 44.1 Å². The first-order valence-corrected chi connectivity index (χ1v) is 9.99. The van der Waals surface area contributed by atoms with Gasteiger partial charge < -0.3 is 10.1 Å². The van der Waals surface area contributed by atoms with E-state index in [1.165, 1.54) is 4.90 Å². The van der Waals surface area contributed by atoms with Crippen molar-refractivity contribution in [3.8, 4) is 6.07 Å². The Bertz CT molecular complexity index is 858. The van der Waals surface area contributed by atoms with Gasteiger partial charge in [-0.15, -0.1) is 0 Å². The second-order valence-corrected chi connectivity index (χ2v) is 7.41. The first-order chi connectivity index (χ1) is 14.5. The van der Waals surface area contributed by atoms with Gasteiger partial charge in [0, 0.05) is 12.2 Å². The van der Waals surface area contributed by atoms with Crippen LogP contribution in [0.15, 0.2) is 30.3 Å².